The zero-order valence-electron chi connectivity index (χ0n) is 22.2. The molecule has 5 N–H and O–H groups in total. The van der Waals surface area contributed by atoms with E-state index in [0.29, 0.717) is 42.0 Å². The number of fused-ring (bicyclic) bond motifs is 1. The van der Waals surface area contributed by atoms with Crippen molar-refractivity contribution >= 4 is 22.8 Å². The number of hydrogen-bond acceptors (Lipinski definition) is 9. The summed E-state index contributed by atoms with van der Waals surface area (Å²) < 4.78 is 7.30. The first-order valence-corrected chi connectivity index (χ1v) is 13.0. The number of nitrogen functional groups attached to an aromatic ring is 2. The number of unbranched alkanes of at least 4 members (excludes halogenated alkanes) is 3. The Kier molecular flexibility index (Phi) is 10.2. The minimum atomic E-state index is 0.139. The van der Waals surface area contributed by atoms with E-state index in [4.69, 9.17) is 26.3 Å². The minimum Gasteiger partial charge on any atom is -0.495 e. The number of piperidine rings is 1. The molecule has 1 aliphatic rings. The first kappa shape index (κ1) is 27.6. The molecule has 0 unspecified atom stereocenters. The predicted octanol–water partition coefficient (Wildman–Crippen LogP) is 3.59. The number of methoxy groups -OCH3 is 1. The Morgan fingerprint density at radius 3 is 2.47 bits per heavy atom. The Morgan fingerprint density at radius 1 is 1.08 bits per heavy atom. The maximum absolute atomic E-state index is 8.29. The second-order valence-electron chi connectivity index (χ2n) is 9.58. The van der Waals surface area contributed by atoms with Gasteiger partial charge in [0.25, 0.3) is 0 Å². The molecule has 198 valence electrons. The summed E-state index contributed by atoms with van der Waals surface area (Å²) in [5.41, 5.74) is 14.9. The first-order valence-electron chi connectivity index (χ1n) is 13.0. The predicted molar refractivity (Wildman–Crippen MR) is 144 cm³/mol. The smallest absolute Gasteiger partial charge is 0.222 e. The molecular weight excluding hydrogens is 456 g/mol. The van der Waals surface area contributed by atoms with Crippen LogP contribution in [0.2, 0.25) is 0 Å². The Hall–Kier alpha value is -2.98. The molecule has 0 bridgehead atoms. The topological polar surface area (TPSA) is 141 Å². The fourth-order valence-electron chi connectivity index (χ4n) is 4.59. The lowest BCUT2D eigenvalue weighted by molar-refractivity contribution is 0.170. The maximum atomic E-state index is 8.29. The van der Waals surface area contributed by atoms with Crippen LogP contribution >= 0.6 is 0 Å². The molecule has 0 saturated carbocycles. The monoisotopic (exact) mass is 498 g/mol. The third-order valence-corrected chi connectivity index (χ3v) is 6.70. The average Bonchev–Trinajstić information content (AvgIpc) is 3.27. The molecule has 1 fully saturated rings. The Morgan fingerprint density at radius 2 is 1.83 bits per heavy atom. The maximum Gasteiger partial charge on any atom is 0.222 e. The second-order valence-corrected chi connectivity index (χ2v) is 9.58. The summed E-state index contributed by atoms with van der Waals surface area (Å²) in [5, 5.41) is 12.7. The molecule has 1 saturated heterocycles. The Labute approximate surface area is 214 Å². The van der Waals surface area contributed by atoms with Crippen molar-refractivity contribution in [1.82, 2.24) is 29.6 Å². The number of likely N-dealkylation sites (tertiary alicyclic amines) is 1. The normalized spacial score (nSPS) is 14.7. The van der Waals surface area contributed by atoms with Gasteiger partial charge in [-0.1, -0.05) is 26.2 Å². The highest BCUT2D eigenvalue weighted by atomic mass is 16.5. The van der Waals surface area contributed by atoms with Crippen molar-refractivity contribution < 1.29 is 9.84 Å². The summed E-state index contributed by atoms with van der Waals surface area (Å²) in [4.78, 5) is 15.7. The molecular formula is C26H42N8O2. The molecule has 10 nitrogen and oxygen atoms in total. The van der Waals surface area contributed by atoms with Crippen LogP contribution < -0.4 is 16.2 Å². The van der Waals surface area contributed by atoms with E-state index in [1.807, 2.05) is 6.07 Å². The molecule has 0 aromatic carbocycles. The lowest BCUT2D eigenvalue weighted by atomic mass is 9.92. The van der Waals surface area contributed by atoms with Crippen LogP contribution in [0.15, 0.2) is 18.3 Å². The van der Waals surface area contributed by atoms with Crippen LogP contribution in [0.3, 0.4) is 0 Å². The van der Waals surface area contributed by atoms with E-state index in [1.165, 1.54) is 19.3 Å². The van der Waals surface area contributed by atoms with Crippen molar-refractivity contribution in [3.05, 3.63) is 29.7 Å². The Balaban J connectivity index is 0.000000454. The van der Waals surface area contributed by atoms with Gasteiger partial charge in [-0.15, -0.1) is 0 Å². The van der Waals surface area contributed by atoms with Gasteiger partial charge in [0.1, 0.15) is 22.5 Å². The number of pyridine rings is 1. The van der Waals surface area contributed by atoms with E-state index < -0.39 is 0 Å². The van der Waals surface area contributed by atoms with Crippen molar-refractivity contribution in [2.75, 3.05) is 38.3 Å². The SMILES string of the molecule is CCCCCCO.COc1ccc(C2CCN(C(C)C)CC2)nc1Cn1ncc2nc(N)nc(N)c21. The molecule has 0 radical (unpaired) electrons. The van der Waals surface area contributed by atoms with Gasteiger partial charge >= 0.3 is 0 Å². The van der Waals surface area contributed by atoms with Gasteiger partial charge in [0, 0.05) is 24.3 Å². The number of aliphatic hydroxyl groups excluding tert-OH is 1. The number of nitrogens with zero attached hydrogens (tertiary/aromatic N) is 6. The van der Waals surface area contributed by atoms with Crippen molar-refractivity contribution in [3.8, 4) is 5.75 Å². The number of rotatable bonds is 9. The zero-order chi connectivity index (χ0) is 26.1. The number of hydrogen-bond donors (Lipinski definition) is 3. The number of anilines is 2. The van der Waals surface area contributed by atoms with Gasteiger partial charge in [-0.25, -0.2) is 4.98 Å². The van der Waals surface area contributed by atoms with Crippen LogP contribution in [0.5, 0.6) is 5.75 Å². The van der Waals surface area contributed by atoms with Crippen LogP contribution in [0.4, 0.5) is 11.8 Å². The highest BCUT2D eigenvalue weighted by molar-refractivity contribution is 5.85. The fourth-order valence-corrected chi connectivity index (χ4v) is 4.59. The molecule has 36 heavy (non-hydrogen) atoms. The van der Waals surface area contributed by atoms with Gasteiger partial charge < -0.3 is 26.2 Å². The van der Waals surface area contributed by atoms with E-state index >= 15 is 0 Å². The van der Waals surface area contributed by atoms with E-state index in [0.717, 1.165) is 49.5 Å². The average molecular weight is 499 g/mol. The summed E-state index contributed by atoms with van der Waals surface area (Å²) in [6.07, 6.45) is 8.55. The lowest BCUT2D eigenvalue weighted by Crippen LogP contribution is -2.38. The number of nitrogens with two attached hydrogens (primary N) is 2. The first-order chi connectivity index (χ1) is 17.4. The van der Waals surface area contributed by atoms with E-state index in [1.54, 1.807) is 18.0 Å². The number of aliphatic hydroxyl groups is 1. The largest absolute Gasteiger partial charge is 0.495 e. The van der Waals surface area contributed by atoms with E-state index in [9.17, 15) is 0 Å². The highest BCUT2D eigenvalue weighted by Gasteiger charge is 2.24. The molecule has 0 spiro atoms. The molecule has 4 heterocycles. The second kappa shape index (κ2) is 13.4. The summed E-state index contributed by atoms with van der Waals surface area (Å²) in [5.74, 6) is 1.63. The summed E-state index contributed by atoms with van der Waals surface area (Å²) in [6, 6.07) is 4.66. The summed E-state index contributed by atoms with van der Waals surface area (Å²) in [6.45, 7) is 9.65. The van der Waals surface area contributed by atoms with Crippen molar-refractivity contribution in [2.24, 2.45) is 0 Å². The Bertz CT molecular complexity index is 1090. The van der Waals surface area contributed by atoms with Gasteiger partial charge in [0.15, 0.2) is 5.82 Å². The fraction of sp³-hybridized carbons (Fsp3) is 0.615. The van der Waals surface area contributed by atoms with Crippen LogP contribution in [0, 0.1) is 0 Å². The molecule has 0 atom stereocenters. The van der Waals surface area contributed by atoms with Crippen molar-refractivity contribution in [1.29, 1.82) is 0 Å². The molecule has 1 aliphatic heterocycles. The van der Waals surface area contributed by atoms with Crippen LogP contribution in [-0.2, 0) is 6.54 Å². The third-order valence-electron chi connectivity index (χ3n) is 6.70. The van der Waals surface area contributed by atoms with Gasteiger partial charge in [-0.05, 0) is 58.3 Å². The van der Waals surface area contributed by atoms with Gasteiger partial charge in [0.05, 0.1) is 19.9 Å². The zero-order valence-corrected chi connectivity index (χ0v) is 22.2. The van der Waals surface area contributed by atoms with Gasteiger partial charge in [-0.2, -0.15) is 10.1 Å². The molecule has 3 aromatic rings. The molecule has 10 heteroatoms. The van der Waals surface area contributed by atoms with Crippen molar-refractivity contribution in [2.45, 2.75) is 77.8 Å². The van der Waals surface area contributed by atoms with Crippen LogP contribution in [0.25, 0.3) is 11.0 Å². The number of ether oxygens (including phenoxy) is 1. The summed E-state index contributed by atoms with van der Waals surface area (Å²) >= 11 is 0. The van der Waals surface area contributed by atoms with Crippen LogP contribution in [0.1, 0.15) is 76.6 Å². The molecule has 0 aliphatic carbocycles. The highest BCUT2D eigenvalue weighted by Crippen LogP contribution is 2.30. The minimum absolute atomic E-state index is 0.139. The number of aromatic nitrogens is 5. The quantitative estimate of drug-likeness (QED) is 0.377. The standard InChI is InChI=1S/C20H28N8O.C6H14O/c1-12(2)27-8-6-13(7-9-27)14-4-5-17(29-3)16(24-14)11-28-18-15(10-23-28)25-20(22)26-19(18)21;1-2-3-4-5-6-7/h4-5,10,12-13H,6-9,11H2,1-3H3,(H4,21,22,25,26);7H,2-6H2,1H3. The van der Waals surface area contributed by atoms with Crippen LogP contribution in [-0.4, -0.2) is 67.6 Å². The molecule has 4 rings (SSSR count). The molecule has 0 amide bonds. The molecule has 3 aromatic heterocycles. The lowest BCUT2D eigenvalue weighted by Gasteiger charge is -2.34. The van der Waals surface area contributed by atoms with Gasteiger partial charge in [0.2, 0.25) is 5.95 Å². The van der Waals surface area contributed by atoms with Crippen molar-refractivity contribution in [3.63, 3.8) is 0 Å². The summed E-state index contributed by atoms with van der Waals surface area (Å²) in [7, 11) is 1.65. The van der Waals surface area contributed by atoms with E-state index in [2.05, 4.69) is 46.8 Å². The van der Waals surface area contributed by atoms with E-state index in [-0.39, 0.29) is 5.95 Å². The van der Waals surface area contributed by atoms with Gasteiger partial charge in [-0.3, -0.25) is 9.67 Å². The third kappa shape index (κ3) is 7.04.